The Morgan fingerprint density at radius 2 is 1.76 bits per heavy atom. The third-order valence-corrected chi connectivity index (χ3v) is 8.17. The summed E-state index contributed by atoms with van der Waals surface area (Å²) in [7, 11) is 0. The Morgan fingerprint density at radius 1 is 1.07 bits per heavy atom. The number of esters is 2. The quantitative estimate of drug-likeness (QED) is 0.230. The summed E-state index contributed by atoms with van der Waals surface area (Å²) in [5.41, 5.74) is 1.44. The molecule has 1 heterocycles. The number of hydrogen-bond acceptors (Lipinski definition) is 8. The molecule has 2 aromatic carbocycles. The van der Waals surface area contributed by atoms with Crippen LogP contribution >= 0.6 is 11.8 Å². The van der Waals surface area contributed by atoms with E-state index in [9.17, 15) is 24.0 Å². The largest absolute Gasteiger partial charge is 0.450 e. The van der Waals surface area contributed by atoms with Crippen molar-refractivity contribution in [2.75, 3.05) is 12.4 Å². The molecule has 2 N–H and O–H groups in total. The van der Waals surface area contributed by atoms with E-state index in [-0.39, 0.29) is 36.1 Å². The first-order chi connectivity index (χ1) is 19.9. The first kappa shape index (κ1) is 32.4. The Labute approximate surface area is 250 Å². The van der Waals surface area contributed by atoms with Gasteiger partial charge in [-0.2, -0.15) is 0 Å². The Kier molecular flexibility index (Phi) is 10.9. The average molecular weight is 596 g/mol. The molecule has 42 heavy (non-hydrogen) atoms. The van der Waals surface area contributed by atoms with Crippen molar-refractivity contribution in [1.29, 1.82) is 0 Å². The van der Waals surface area contributed by atoms with Crippen LogP contribution in [0.1, 0.15) is 49.2 Å². The molecule has 0 bridgehead atoms. The first-order valence-electron chi connectivity index (χ1n) is 13.5. The molecule has 11 heteroatoms. The summed E-state index contributed by atoms with van der Waals surface area (Å²) in [6.45, 7) is 11.7. The summed E-state index contributed by atoms with van der Waals surface area (Å²) in [6, 6.07) is 12.0. The van der Waals surface area contributed by atoms with E-state index in [4.69, 9.17) is 9.47 Å². The number of benzene rings is 2. The lowest BCUT2D eigenvalue weighted by Gasteiger charge is -2.34. The van der Waals surface area contributed by atoms with Crippen LogP contribution in [-0.4, -0.2) is 69.9 Å². The van der Waals surface area contributed by atoms with Gasteiger partial charge in [0.25, 0.3) is 11.8 Å². The molecular formula is C31H37N3O7S. The van der Waals surface area contributed by atoms with Gasteiger partial charge >= 0.3 is 11.9 Å². The first-order valence-corrected chi connectivity index (χ1v) is 14.5. The molecule has 3 rings (SSSR count). The van der Waals surface area contributed by atoms with E-state index in [0.717, 1.165) is 5.56 Å². The van der Waals surface area contributed by atoms with Crippen molar-refractivity contribution < 1.29 is 33.4 Å². The summed E-state index contributed by atoms with van der Waals surface area (Å²) in [5, 5.41) is 5.65. The van der Waals surface area contributed by atoms with Crippen molar-refractivity contribution in [1.82, 2.24) is 15.5 Å². The van der Waals surface area contributed by atoms with E-state index in [1.807, 2.05) is 44.2 Å². The van der Waals surface area contributed by atoms with Gasteiger partial charge in [0.15, 0.2) is 0 Å². The number of nitrogens with zero attached hydrogens (tertiary/aromatic N) is 1. The van der Waals surface area contributed by atoms with Gasteiger partial charge in [0, 0.05) is 36.3 Å². The van der Waals surface area contributed by atoms with E-state index < -0.39 is 46.7 Å². The zero-order valence-corrected chi connectivity index (χ0v) is 25.3. The highest BCUT2D eigenvalue weighted by Crippen LogP contribution is 2.40. The van der Waals surface area contributed by atoms with E-state index in [1.54, 1.807) is 31.2 Å². The summed E-state index contributed by atoms with van der Waals surface area (Å²) in [6.07, 6.45) is 0.259. The second-order valence-electron chi connectivity index (χ2n) is 10.4. The molecule has 3 amide bonds. The summed E-state index contributed by atoms with van der Waals surface area (Å²) in [4.78, 5) is 66.3. The molecule has 0 spiro atoms. The number of thioether (sulfide) groups is 1. The molecule has 224 valence electrons. The number of carbonyl (C=O) groups excluding carboxylic acids is 5. The highest BCUT2D eigenvalue weighted by Gasteiger charge is 2.50. The molecule has 0 saturated carbocycles. The third-order valence-electron chi connectivity index (χ3n) is 6.80. The fourth-order valence-corrected chi connectivity index (χ4v) is 5.94. The monoisotopic (exact) mass is 595 g/mol. The highest BCUT2D eigenvalue weighted by molar-refractivity contribution is 8.00. The van der Waals surface area contributed by atoms with Crippen LogP contribution < -0.4 is 15.4 Å². The molecule has 10 nitrogen and oxygen atoms in total. The van der Waals surface area contributed by atoms with Crippen molar-refractivity contribution >= 4 is 41.4 Å². The molecule has 3 unspecified atom stereocenters. The second-order valence-corrected chi connectivity index (χ2v) is 12.0. The highest BCUT2D eigenvalue weighted by atomic mass is 32.2. The SMILES string of the molecule is C=CCNC(=O)C1N(C(=O)C(OC(C)=O)C(Cc2ccccc2)NC(=O)c2cccc(OC(C)=O)c2C)CSC1(C)C. The van der Waals surface area contributed by atoms with Crippen molar-refractivity contribution in [2.45, 2.75) is 64.0 Å². The Balaban J connectivity index is 2.02. The number of ether oxygens (including phenoxy) is 2. The van der Waals surface area contributed by atoms with E-state index in [2.05, 4.69) is 17.2 Å². The molecule has 3 atom stereocenters. The van der Waals surface area contributed by atoms with Crippen LogP contribution in [0.15, 0.2) is 61.2 Å². The Bertz CT molecular complexity index is 1350. The van der Waals surface area contributed by atoms with Gasteiger partial charge < -0.3 is 25.0 Å². The van der Waals surface area contributed by atoms with Crippen LogP contribution in [-0.2, 0) is 30.3 Å². The van der Waals surface area contributed by atoms with Gasteiger partial charge in [0.05, 0.1) is 11.9 Å². The lowest BCUT2D eigenvalue weighted by Crippen LogP contribution is -2.59. The predicted molar refractivity (Wildman–Crippen MR) is 160 cm³/mol. The van der Waals surface area contributed by atoms with Gasteiger partial charge in [-0.25, -0.2) is 0 Å². The lowest BCUT2D eigenvalue weighted by molar-refractivity contribution is -0.162. The van der Waals surface area contributed by atoms with Crippen molar-refractivity contribution in [2.24, 2.45) is 0 Å². The number of carbonyl (C=O) groups is 5. The number of nitrogens with one attached hydrogen (secondary N) is 2. The standard InChI is InChI=1S/C31H37N3O7S/c1-7-16-32-29(38)27-31(5,6)42-18-34(27)30(39)26(41-21(4)36)24(17-22-12-9-8-10-13-22)33-28(37)23-14-11-15-25(19(23)2)40-20(3)35/h7-15,24,26-27H,1,16-18H2,2-6H3,(H,32,38)(H,33,37). The average Bonchev–Trinajstić information content (AvgIpc) is 3.25. The second kappa shape index (κ2) is 14.2. The van der Waals surface area contributed by atoms with Crippen molar-refractivity contribution in [3.8, 4) is 5.75 Å². The van der Waals surface area contributed by atoms with Crippen LogP contribution in [0.2, 0.25) is 0 Å². The molecule has 0 aromatic heterocycles. The topological polar surface area (TPSA) is 131 Å². The minimum atomic E-state index is -1.44. The van der Waals surface area contributed by atoms with E-state index >= 15 is 0 Å². The number of hydrogen-bond donors (Lipinski definition) is 2. The molecule has 2 aromatic rings. The maximum absolute atomic E-state index is 14.2. The lowest BCUT2D eigenvalue weighted by atomic mass is 9.96. The molecule has 1 aliphatic heterocycles. The van der Waals surface area contributed by atoms with Gasteiger partial charge in [-0.15, -0.1) is 18.3 Å². The van der Waals surface area contributed by atoms with Gasteiger partial charge in [-0.05, 0) is 44.9 Å². The van der Waals surface area contributed by atoms with Crippen LogP contribution in [0.25, 0.3) is 0 Å². The zero-order chi connectivity index (χ0) is 31.0. The summed E-state index contributed by atoms with van der Waals surface area (Å²) < 4.78 is 10.2. The molecule has 0 aliphatic carbocycles. The fraction of sp³-hybridized carbons (Fsp3) is 0.387. The van der Waals surface area contributed by atoms with Crippen LogP contribution in [0.3, 0.4) is 0 Å². The van der Waals surface area contributed by atoms with Crippen LogP contribution in [0.4, 0.5) is 0 Å². The minimum Gasteiger partial charge on any atom is -0.450 e. The van der Waals surface area contributed by atoms with E-state index in [0.29, 0.717) is 5.56 Å². The fourth-order valence-electron chi connectivity index (χ4n) is 4.80. The van der Waals surface area contributed by atoms with Crippen molar-refractivity contribution in [3.05, 3.63) is 77.9 Å². The maximum atomic E-state index is 14.2. The molecule has 0 radical (unpaired) electrons. The van der Waals surface area contributed by atoms with Crippen molar-refractivity contribution in [3.63, 3.8) is 0 Å². The van der Waals surface area contributed by atoms with Gasteiger partial charge in [0.1, 0.15) is 11.8 Å². The zero-order valence-electron chi connectivity index (χ0n) is 24.5. The summed E-state index contributed by atoms with van der Waals surface area (Å²) in [5.74, 6) is -2.35. The number of rotatable bonds is 11. The van der Waals surface area contributed by atoms with E-state index in [1.165, 1.54) is 30.5 Å². The normalized spacial score (nSPS) is 17.0. The third kappa shape index (κ3) is 8.00. The maximum Gasteiger partial charge on any atom is 0.308 e. The molecule has 1 aliphatic rings. The molecular weight excluding hydrogens is 558 g/mol. The molecule has 1 fully saturated rings. The minimum absolute atomic E-state index is 0.149. The van der Waals surface area contributed by atoms with Gasteiger partial charge in [-0.3, -0.25) is 24.0 Å². The summed E-state index contributed by atoms with van der Waals surface area (Å²) >= 11 is 1.43. The van der Waals surface area contributed by atoms with Gasteiger partial charge in [-0.1, -0.05) is 42.5 Å². The smallest absolute Gasteiger partial charge is 0.308 e. The Morgan fingerprint density at radius 3 is 2.38 bits per heavy atom. The Hall–Kier alpha value is -4.12. The predicted octanol–water partition coefficient (Wildman–Crippen LogP) is 3.18. The molecule has 1 saturated heterocycles. The number of amides is 3. The van der Waals surface area contributed by atoms with Crippen LogP contribution in [0.5, 0.6) is 5.75 Å². The van der Waals surface area contributed by atoms with Gasteiger partial charge in [0.2, 0.25) is 12.0 Å². The van der Waals surface area contributed by atoms with Crippen LogP contribution in [0, 0.1) is 6.92 Å².